The van der Waals surface area contributed by atoms with Crippen molar-refractivity contribution in [2.24, 2.45) is 0 Å². The molecule has 0 bridgehead atoms. The number of benzene rings is 1. The molecule has 4 N–H and O–H groups in total. The number of aliphatic hydroxyl groups is 2. The van der Waals surface area contributed by atoms with Crippen LogP contribution in [-0.2, 0) is 13.0 Å². The van der Waals surface area contributed by atoms with E-state index in [1.807, 2.05) is 12.1 Å². The Kier molecular flexibility index (Phi) is 4.91. The molecule has 1 aromatic carbocycles. The zero-order valence-electron chi connectivity index (χ0n) is 15.9. The molecular weight excluding hydrogens is 386 g/mol. The topological polar surface area (TPSA) is 107 Å². The Morgan fingerprint density at radius 3 is 2.90 bits per heavy atom. The summed E-state index contributed by atoms with van der Waals surface area (Å²) in [7, 11) is 0. The Labute approximate surface area is 171 Å². The molecule has 8 heteroatoms. The van der Waals surface area contributed by atoms with Gasteiger partial charge in [-0.15, -0.1) is 0 Å². The average molecular weight is 410 g/mol. The van der Waals surface area contributed by atoms with Crippen molar-refractivity contribution < 1.29 is 10.2 Å². The molecule has 1 fully saturated rings. The highest BCUT2D eigenvalue weighted by atomic mass is 32.1. The van der Waals surface area contributed by atoms with Crippen LogP contribution in [-0.4, -0.2) is 42.3 Å². The molecule has 1 aliphatic carbocycles. The van der Waals surface area contributed by atoms with Gasteiger partial charge in [0, 0.05) is 12.6 Å². The first-order valence-electron chi connectivity index (χ1n) is 9.96. The summed E-state index contributed by atoms with van der Waals surface area (Å²) < 4.78 is 1.12. The Morgan fingerprint density at radius 1 is 1.14 bits per heavy atom. The van der Waals surface area contributed by atoms with Gasteiger partial charge < -0.3 is 20.5 Å². The molecule has 5 rings (SSSR count). The maximum atomic E-state index is 10.2. The SMILES string of the molecule is OCc1cnc2nc(Cc3ccc4nc(NC5CCCCC5O)sc4c3)[nH]c2c1. The fraction of sp³-hybridized carbons (Fsp3) is 0.381. The van der Waals surface area contributed by atoms with E-state index in [4.69, 9.17) is 0 Å². The van der Waals surface area contributed by atoms with Crippen LogP contribution in [0, 0.1) is 0 Å². The summed E-state index contributed by atoms with van der Waals surface area (Å²) in [5, 5.41) is 23.7. The molecule has 2 unspecified atom stereocenters. The van der Waals surface area contributed by atoms with Gasteiger partial charge in [-0.2, -0.15) is 0 Å². The molecule has 2 atom stereocenters. The number of imidazole rings is 1. The van der Waals surface area contributed by atoms with Crippen LogP contribution < -0.4 is 5.32 Å². The van der Waals surface area contributed by atoms with Crippen LogP contribution in [0.1, 0.15) is 42.6 Å². The monoisotopic (exact) mass is 409 g/mol. The largest absolute Gasteiger partial charge is 0.392 e. The second kappa shape index (κ2) is 7.70. The molecule has 0 saturated heterocycles. The lowest BCUT2D eigenvalue weighted by Gasteiger charge is -2.27. The molecule has 0 spiro atoms. The predicted octanol–water partition coefficient (Wildman–Crippen LogP) is 3.37. The molecule has 4 aromatic rings. The number of rotatable bonds is 5. The van der Waals surface area contributed by atoms with Gasteiger partial charge in [0.2, 0.25) is 0 Å². The van der Waals surface area contributed by atoms with Gasteiger partial charge in [0.1, 0.15) is 5.82 Å². The second-order valence-corrected chi connectivity index (χ2v) is 8.69. The lowest BCUT2D eigenvalue weighted by molar-refractivity contribution is 0.116. The molecule has 0 aliphatic heterocycles. The fourth-order valence-electron chi connectivity index (χ4n) is 3.94. The summed E-state index contributed by atoms with van der Waals surface area (Å²) >= 11 is 1.62. The summed E-state index contributed by atoms with van der Waals surface area (Å²) in [6.07, 6.45) is 6.12. The summed E-state index contributed by atoms with van der Waals surface area (Å²) in [4.78, 5) is 16.8. The van der Waals surface area contributed by atoms with Crippen LogP contribution in [0.25, 0.3) is 21.4 Å². The summed E-state index contributed by atoms with van der Waals surface area (Å²) in [5.74, 6) is 0.843. The minimum absolute atomic E-state index is 0.0341. The number of aromatic amines is 1. The highest BCUT2D eigenvalue weighted by Gasteiger charge is 2.23. The molecule has 29 heavy (non-hydrogen) atoms. The zero-order chi connectivity index (χ0) is 19.8. The Hall–Kier alpha value is -2.55. The maximum Gasteiger partial charge on any atom is 0.184 e. The number of aromatic nitrogens is 4. The number of nitrogens with one attached hydrogen (secondary N) is 2. The van der Waals surface area contributed by atoms with Crippen LogP contribution >= 0.6 is 11.3 Å². The third-order valence-corrected chi connectivity index (χ3v) is 6.44. The fourth-order valence-corrected chi connectivity index (χ4v) is 4.93. The van der Waals surface area contributed by atoms with E-state index < -0.39 is 0 Å². The molecule has 150 valence electrons. The first kappa shape index (κ1) is 18.5. The van der Waals surface area contributed by atoms with Gasteiger partial charge in [-0.05, 0) is 42.2 Å². The summed E-state index contributed by atoms with van der Waals surface area (Å²) in [5.41, 5.74) is 4.37. The highest BCUT2D eigenvalue weighted by Crippen LogP contribution is 2.30. The van der Waals surface area contributed by atoms with Gasteiger partial charge in [0.25, 0.3) is 0 Å². The van der Waals surface area contributed by atoms with Crippen LogP contribution in [0.4, 0.5) is 5.13 Å². The van der Waals surface area contributed by atoms with Crippen molar-refractivity contribution in [2.45, 2.75) is 50.9 Å². The average Bonchev–Trinajstić information content (AvgIpc) is 3.31. The van der Waals surface area contributed by atoms with E-state index in [0.717, 1.165) is 63.5 Å². The van der Waals surface area contributed by atoms with Crippen LogP contribution in [0.15, 0.2) is 30.5 Å². The highest BCUT2D eigenvalue weighted by molar-refractivity contribution is 7.22. The minimum atomic E-state index is -0.292. The summed E-state index contributed by atoms with van der Waals surface area (Å²) in [6.45, 7) is -0.0341. The van der Waals surface area contributed by atoms with Crippen molar-refractivity contribution in [1.82, 2.24) is 19.9 Å². The zero-order valence-corrected chi connectivity index (χ0v) is 16.7. The minimum Gasteiger partial charge on any atom is -0.392 e. The molecule has 1 aliphatic rings. The standard InChI is InChI=1S/C21H23N5O2S/c27-11-13-7-16-20(22-10-13)26-19(23-16)9-12-5-6-15-18(8-12)29-21(25-15)24-14-3-1-2-4-17(14)28/h5-8,10,14,17,27-28H,1-4,9,11H2,(H,24,25)(H,22,23,26). The van der Waals surface area contributed by atoms with Crippen LogP contribution in [0.2, 0.25) is 0 Å². The predicted molar refractivity (Wildman–Crippen MR) is 114 cm³/mol. The third-order valence-electron chi connectivity index (χ3n) is 5.49. The number of fused-ring (bicyclic) bond motifs is 2. The van der Waals surface area contributed by atoms with E-state index in [1.54, 1.807) is 17.5 Å². The number of H-pyrrole nitrogens is 1. The lowest BCUT2D eigenvalue weighted by atomic mass is 9.93. The van der Waals surface area contributed by atoms with Crippen LogP contribution in [0.5, 0.6) is 0 Å². The van der Waals surface area contributed by atoms with E-state index in [9.17, 15) is 10.2 Å². The van der Waals surface area contributed by atoms with E-state index in [2.05, 4.69) is 37.4 Å². The molecule has 3 heterocycles. The van der Waals surface area contributed by atoms with Crippen molar-refractivity contribution >= 4 is 37.8 Å². The summed E-state index contributed by atoms with van der Waals surface area (Å²) in [6, 6.07) is 8.23. The number of hydrogen-bond donors (Lipinski definition) is 4. The number of aliphatic hydroxyl groups excluding tert-OH is 2. The molecule has 0 amide bonds. The van der Waals surface area contributed by atoms with E-state index in [-0.39, 0.29) is 18.8 Å². The van der Waals surface area contributed by atoms with E-state index in [1.165, 1.54) is 0 Å². The van der Waals surface area contributed by atoms with Crippen molar-refractivity contribution in [1.29, 1.82) is 0 Å². The normalized spacial score (nSPS) is 19.8. The van der Waals surface area contributed by atoms with Crippen molar-refractivity contribution in [2.75, 3.05) is 5.32 Å². The Bertz CT molecular complexity index is 1150. The smallest absolute Gasteiger partial charge is 0.184 e. The van der Waals surface area contributed by atoms with Crippen LogP contribution in [0.3, 0.4) is 0 Å². The van der Waals surface area contributed by atoms with Crippen molar-refractivity contribution in [3.8, 4) is 0 Å². The molecule has 3 aromatic heterocycles. The second-order valence-electron chi connectivity index (χ2n) is 7.66. The van der Waals surface area contributed by atoms with Gasteiger partial charge in [-0.1, -0.05) is 30.2 Å². The molecular formula is C21H23N5O2S. The van der Waals surface area contributed by atoms with E-state index in [0.29, 0.717) is 12.1 Å². The lowest BCUT2D eigenvalue weighted by Crippen LogP contribution is -2.36. The number of thiazole rings is 1. The first-order chi connectivity index (χ1) is 14.2. The van der Waals surface area contributed by atoms with Crippen molar-refractivity contribution in [3.05, 3.63) is 47.4 Å². The number of nitrogens with zero attached hydrogens (tertiary/aromatic N) is 3. The Morgan fingerprint density at radius 2 is 2.03 bits per heavy atom. The number of anilines is 1. The van der Waals surface area contributed by atoms with Gasteiger partial charge in [-0.25, -0.2) is 15.0 Å². The van der Waals surface area contributed by atoms with Gasteiger partial charge in [0.15, 0.2) is 10.8 Å². The van der Waals surface area contributed by atoms with Gasteiger partial charge in [0.05, 0.1) is 34.5 Å². The van der Waals surface area contributed by atoms with E-state index >= 15 is 0 Å². The molecule has 1 saturated carbocycles. The quantitative estimate of drug-likeness (QED) is 0.403. The van der Waals surface area contributed by atoms with Gasteiger partial charge in [-0.3, -0.25) is 0 Å². The van der Waals surface area contributed by atoms with Gasteiger partial charge >= 0.3 is 0 Å². The number of hydrogen-bond acceptors (Lipinski definition) is 7. The van der Waals surface area contributed by atoms with Crippen molar-refractivity contribution in [3.63, 3.8) is 0 Å². The maximum absolute atomic E-state index is 10.2. The third kappa shape index (κ3) is 3.83. The molecule has 7 nitrogen and oxygen atoms in total. The number of pyridine rings is 1. The first-order valence-corrected chi connectivity index (χ1v) is 10.8. The Balaban J connectivity index is 1.35. The molecule has 0 radical (unpaired) electrons.